The number of carbonyl (C=O) groups is 5. The van der Waals surface area contributed by atoms with Gasteiger partial charge in [-0.15, -0.1) is 0 Å². The van der Waals surface area contributed by atoms with Crippen molar-refractivity contribution in [1.29, 1.82) is 0 Å². The normalized spacial score (nSPS) is 21.6. The minimum atomic E-state index is -1.12. The molecule has 1 aromatic heterocycles. The van der Waals surface area contributed by atoms with Gasteiger partial charge in [0.05, 0.1) is 11.7 Å². The molecule has 3 heterocycles. The van der Waals surface area contributed by atoms with Crippen LogP contribution < -0.4 is 21.7 Å². The monoisotopic (exact) mass is 829 g/mol. The van der Waals surface area contributed by atoms with Crippen LogP contribution in [-0.4, -0.2) is 92.7 Å². The van der Waals surface area contributed by atoms with Crippen LogP contribution in [0.1, 0.15) is 142 Å². The molecule has 0 spiro atoms. The average Bonchev–Trinajstić information content (AvgIpc) is 4.09. The minimum Gasteiger partial charge on any atom is -0.342 e. The lowest BCUT2D eigenvalue weighted by atomic mass is 9.89. The standard InChI is InChI=1S/C47H72N8O5/c1-31(2)23-24-41(56)54-25-14-22-40(54)45(58)52-42(32(3)4)46(59)51-37(28-48)44(57)50-36(27-33-15-11-12-16-33)47(60)55-26-13-21-39(55)43-49-38(35-19-9-6-10-20-35)30-53(43)29-34-17-7-5-8-18-34/h6,9-10,19-20,30-34,36-37,39-40,42H,5,7-8,11-18,21-29,48H2,1-4H3,(H,50,57)(H,51,59)(H,52,58)/t36-,37-,39-,40-,42-/m0/s1. The Morgan fingerprint density at radius 2 is 1.40 bits per heavy atom. The number of carbonyl (C=O) groups excluding carboxylic acids is 5. The van der Waals surface area contributed by atoms with Crippen molar-refractivity contribution in [2.24, 2.45) is 29.4 Å². The number of hydrogen-bond acceptors (Lipinski definition) is 7. The van der Waals surface area contributed by atoms with Crippen molar-refractivity contribution < 1.29 is 24.0 Å². The van der Waals surface area contributed by atoms with E-state index in [1.165, 1.54) is 32.1 Å². The summed E-state index contributed by atoms with van der Waals surface area (Å²) in [5, 5.41) is 8.77. The van der Waals surface area contributed by atoms with Gasteiger partial charge in [0, 0.05) is 44.4 Å². The third kappa shape index (κ3) is 11.6. The van der Waals surface area contributed by atoms with Gasteiger partial charge in [0.25, 0.3) is 0 Å². The fraction of sp³-hybridized carbons (Fsp3) is 0.702. The number of benzene rings is 1. The SMILES string of the molecule is CC(C)CCC(=O)N1CCC[C@H]1C(=O)N[C@H](C(=O)N[C@@H](CN)C(=O)N[C@@H](CC1CCCC1)C(=O)N1CCC[C@H]1c1nc(-c2ccccc2)cn1CC1CCCCC1)C(C)C. The molecule has 5 atom stereocenters. The number of hydrogen-bond donors (Lipinski definition) is 4. The Kier molecular flexibility index (Phi) is 16.2. The quantitative estimate of drug-likeness (QED) is 0.146. The van der Waals surface area contributed by atoms with Crippen LogP contribution in [0.5, 0.6) is 0 Å². The Hall–Kier alpha value is -4.26. The number of nitrogens with one attached hydrogen (secondary N) is 3. The van der Waals surface area contributed by atoms with Gasteiger partial charge < -0.3 is 36.1 Å². The summed E-state index contributed by atoms with van der Waals surface area (Å²) in [6.45, 7) is 9.57. The zero-order valence-electron chi connectivity index (χ0n) is 36.7. The fourth-order valence-corrected chi connectivity index (χ4v) is 9.98. The van der Waals surface area contributed by atoms with Gasteiger partial charge >= 0.3 is 0 Å². The second kappa shape index (κ2) is 21.5. The zero-order chi connectivity index (χ0) is 42.8. The lowest BCUT2D eigenvalue weighted by Gasteiger charge is -2.32. The summed E-state index contributed by atoms with van der Waals surface area (Å²) in [5.74, 6) is 0.265. The van der Waals surface area contributed by atoms with E-state index in [-0.39, 0.29) is 36.2 Å². The molecular formula is C47H72N8O5. The first-order valence-corrected chi connectivity index (χ1v) is 23.3. The van der Waals surface area contributed by atoms with Crippen LogP contribution >= 0.6 is 0 Å². The van der Waals surface area contributed by atoms with Crippen LogP contribution in [-0.2, 0) is 30.5 Å². The van der Waals surface area contributed by atoms with E-state index in [0.717, 1.165) is 75.0 Å². The van der Waals surface area contributed by atoms with E-state index in [0.29, 0.717) is 50.1 Å². The molecule has 2 aliphatic carbocycles. The number of rotatable bonds is 18. The van der Waals surface area contributed by atoms with Crippen molar-refractivity contribution in [2.45, 2.75) is 167 Å². The number of nitrogens with two attached hydrogens (primary N) is 1. The van der Waals surface area contributed by atoms with Gasteiger partial charge in [0.15, 0.2) is 0 Å². The van der Waals surface area contributed by atoms with E-state index in [1.54, 1.807) is 4.90 Å². The number of likely N-dealkylation sites (tertiary alicyclic amines) is 2. The highest BCUT2D eigenvalue weighted by molar-refractivity contribution is 5.96. The highest BCUT2D eigenvalue weighted by Crippen LogP contribution is 2.37. The van der Waals surface area contributed by atoms with Gasteiger partial charge in [-0.05, 0) is 75.0 Å². The molecule has 0 bridgehead atoms. The molecule has 2 aliphatic heterocycles. The molecule has 330 valence electrons. The van der Waals surface area contributed by atoms with Crippen molar-refractivity contribution in [3.05, 3.63) is 42.4 Å². The average molecular weight is 829 g/mol. The second-order valence-electron chi connectivity index (χ2n) is 18.8. The van der Waals surface area contributed by atoms with Crippen LogP contribution in [0.15, 0.2) is 36.5 Å². The van der Waals surface area contributed by atoms with Gasteiger partial charge in [0.2, 0.25) is 29.5 Å². The lowest BCUT2D eigenvalue weighted by molar-refractivity contribution is -0.140. The number of nitrogens with zero attached hydrogens (tertiary/aromatic N) is 4. The maximum absolute atomic E-state index is 14.8. The molecule has 0 radical (unpaired) electrons. The summed E-state index contributed by atoms with van der Waals surface area (Å²) in [4.78, 5) is 78.3. The predicted octanol–water partition coefficient (Wildman–Crippen LogP) is 5.87. The van der Waals surface area contributed by atoms with E-state index >= 15 is 0 Å². The molecule has 2 saturated carbocycles. The molecule has 4 fully saturated rings. The third-order valence-electron chi connectivity index (χ3n) is 13.5. The van der Waals surface area contributed by atoms with Crippen molar-refractivity contribution in [2.75, 3.05) is 19.6 Å². The Bertz CT molecular complexity index is 1750. The molecule has 5 amide bonds. The topological polar surface area (TPSA) is 172 Å². The molecule has 2 aromatic rings. The number of aromatic nitrogens is 2. The van der Waals surface area contributed by atoms with E-state index in [4.69, 9.17) is 10.7 Å². The van der Waals surface area contributed by atoms with Crippen LogP contribution in [0.25, 0.3) is 11.3 Å². The Balaban J connectivity index is 1.16. The van der Waals surface area contributed by atoms with Gasteiger partial charge in [-0.1, -0.05) is 103 Å². The molecule has 13 heteroatoms. The molecule has 60 heavy (non-hydrogen) atoms. The molecule has 5 N–H and O–H groups in total. The molecule has 6 rings (SSSR count). The van der Waals surface area contributed by atoms with Crippen LogP contribution in [0, 0.1) is 23.7 Å². The van der Waals surface area contributed by atoms with E-state index in [1.807, 2.05) is 36.9 Å². The number of amides is 5. The van der Waals surface area contributed by atoms with Gasteiger partial charge in [0.1, 0.15) is 30.0 Å². The maximum Gasteiger partial charge on any atom is 0.245 e. The largest absolute Gasteiger partial charge is 0.342 e. The maximum atomic E-state index is 14.8. The molecular weight excluding hydrogens is 757 g/mol. The summed E-state index contributed by atoms with van der Waals surface area (Å²) in [7, 11) is 0. The molecule has 13 nitrogen and oxygen atoms in total. The first kappa shape index (κ1) is 45.3. The van der Waals surface area contributed by atoms with Crippen molar-refractivity contribution in [3.63, 3.8) is 0 Å². The molecule has 2 saturated heterocycles. The highest BCUT2D eigenvalue weighted by Gasteiger charge is 2.41. The van der Waals surface area contributed by atoms with Gasteiger partial charge in [-0.2, -0.15) is 0 Å². The van der Waals surface area contributed by atoms with Crippen molar-refractivity contribution in [1.82, 2.24) is 35.3 Å². The molecule has 4 aliphatic rings. The Morgan fingerprint density at radius 3 is 2.08 bits per heavy atom. The Morgan fingerprint density at radius 1 is 0.750 bits per heavy atom. The second-order valence-corrected chi connectivity index (χ2v) is 18.8. The Labute approximate surface area is 357 Å². The molecule has 0 unspecified atom stereocenters. The summed E-state index contributed by atoms with van der Waals surface area (Å²) < 4.78 is 2.30. The lowest BCUT2D eigenvalue weighted by Crippen LogP contribution is -2.61. The van der Waals surface area contributed by atoms with E-state index < -0.39 is 36.0 Å². The first-order chi connectivity index (χ1) is 28.9. The smallest absolute Gasteiger partial charge is 0.245 e. The van der Waals surface area contributed by atoms with Crippen LogP contribution in [0.4, 0.5) is 0 Å². The van der Waals surface area contributed by atoms with Gasteiger partial charge in [-0.25, -0.2) is 4.98 Å². The summed E-state index contributed by atoms with van der Waals surface area (Å²) in [5.41, 5.74) is 8.12. The summed E-state index contributed by atoms with van der Waals surface area (Å²) >= 11 is 0. The van der Waals surface area contributed by atoms with Crippen LogP contribution in [0.3, 0.4) is 0 Å². The fourth-order valence-electron chi connectivity index (χ4n) is 9.98. The van der Waals surface area contributed by atoms with Crippen LogP contribution in [0.2, 0.25) is 0 Å². The van der Waals surface area contributed by atoms with E-state index in [9.17, 15) is 24.0 Å². The van der Waals surface area contributed by atoms with Crippen molar-refractivity contribution in [3.8, 4) is 11.3 Å². The van der Waals surface area contributed by atoms with Crippen molar-refractivity contribution >= 4 is 29.5 Å². The predicted molar refractivity (Wildman–Crippen MR) is 233 cm³/mol. The summed E-state index contributed by atoms with van der Waals surface area (Å²) in [6.07, 6.45) is 17.1. The highest BCUT2D eigenvalue weighted by atomic mass is 16.2. The third-order valence-corrected chi connectivity index (χ3v) is 13.5. The first-order valence-electron chi connectivity index (χ1n) is 23.3. The number of imidazole rings is 1. The minimum absolute atomic E-state index is 0.0460. The zero-order valence-corrected chi connectivity index (χ0v) is 36.7. The summed E-state index contributed by atoms with van der Waals surface area (Å²) in [6, 6.07) is 6.49. The molecule has 1 aromatic carbocycles. The van der Waals surface area contributed by atoms with E-state index in [2.05, 4.69) is 52.7 Å². The van der Waals surface area contributed by atoms with Gasteiger partial charge in [-0.3, -0.25) is 24.0 Å².